The van der Waals surface area contributed by atoms with Gasteiger partial charge in [-0.05, 0) is 69.0 Å². The van der Waals surface area contributed by atoms with E-state index in [-0.39, 0.29) is 17.9 Å². The number of hydrogen-bond donors (Lipinski definition) is 4. The summed E-state index contributed by atoms with van der Waals surface area (Å²) in [5.41, 5.74) is 6.03. The standard InChI is InChI=1S/C28H26N4O3/c1-5-9-25(33)32-26-16(2)24(29-18(26)4)15-22-21-14-20(12-13-23(21)31-28(22)35)27(34)30-17(3)19-10-7-6-8-11-19/h6-8,10-15,17,29H,1-4H3,(H,30,34)(H,31,35)(H,32,33)/b22-15-/t17-/m1/s1. The lowest BCUT2D eigenvalue weighted by atomic mass is 10.0. The van der Waals surface area contributed by atoms with Crippen molar-refractivity contribution < 1.29 is 14.4 Å². The Bertz CT molecular complexity index is 1420. The van der Waals surface area contributed by atoms with Crippen molar-refractivity contribution in [2.75, 3.05) is 10.6 Å². The Morgan fingerprint density at radius 2 is 1.83 bits per heavy atom. The highest BCUT2D eigenvalue weighted by molar-refractivity contribution is 6.35. The molecule has 1 aliphatic rings. The Kier molecular flexibility index (Phi) is 6.56. The molecule has 0 radical (unpaired) electrons. The van der Waals surface area contributed by atoms with Crippen molar-refractivity contribution in [3.63, 3.8) is 0 Å². The molecule has 2 heterocycles. The molecule has 7 heteroatoms. The topological polar surface area (TPSA) is 103 Å². The van der Waals surface area contributed by atoms with Crippen molar-refractivity contribution in [3.8, 4) is 11.8 Å². The van der Waals surface area contributed by atoms with Gasteiger partial charge in [0.15, 0.2) is 0 Å². The van der Waals surface area contributed by atoms with Crippen molar-refractivity contribution in [2.45, 2.75) is 33.7 Å². The first kappa shape index (κ1) is 23.6. The van der Waals surface area contributed by atoms with Gasteiger partial charge in [-0.25, -0.2) is 0 Å². The quantitative estimate of drug-likeness (QED) is 0.327. The van der Waals surface area contributed by atoms with Gasteiger partial charge in [0.2, 0.25) is 0 Å². The molecule has 35 heavy (non-hydrogen) atoms. The normalized spacial score (nSPS) is 13.9. The first-order valence-corrected chi connectivity index (χ1v) is 11.2. The van der Waals surface area contributed by atoms with E-state index in [2.05, 4.69) is 32.8 Å². The van der Waals surface area contributed by atoms with E-state index >= 15 is 0 Å². The second kappa shape index (κ2) is 9.74. The van der Waals surface area contributed by atoms with Crippen LogP contribution < -0.4 is 16.0 Å². The average Bonchev–Trinajstić information content (AvgIpc) is 3.29. The zero-order chi connectivity index (χ0) is 25.1. The van der Waals surface area contributed by atoms with E-state index in [4.69, 9.17) is 0 Å². The molecule has 1 aliphatic heterocycles. The summed E-state index contributed by atoms with van der Waals surface area (Å²) in [5, 5.41) is 8.64. The third kappa shape index (κ3) is 4.87. The average molecular weight is 467 g/mol. The van der Waals surface area contributed by atoms with Crippen LogP contribution in [0.4, 0.5) is 11.4 Å². The zero-order valence-electron chi connectivity index (χ0n) is 20.0. The largest absolute Gasteiger partial charge is 0.357 e. The van der Waals surface area contributed by atoms with Crippen LogP contribution in [0.25, 0.3) is 11.6 Å². The Morgan fingerprint density at radius 1 is 1.09 bits per heavy atom. The molecular formula is C28H26N4O3. The molecule has 0 saturated heterocycles. The maximum absolute atomic E-state index is 12.9. The summed E-state index contributed by atoms with van der Waals surface area (Å²) in [7, 11) is 0. The number of carbonyl (C=O) groups excluding carboxylic acids is 3. The van der Waals surface area contributed by atoms with Crippen molar-refractivity contribution in [1.29, 1.82) is 0 Å². The van der Waals surface area contributed by atoms with Crippen molar-refractivity contribution in [1.82, 2.24) is 10.3 Å². The second-order valence-corrected chi connectivity index (χ2v) is 8.37. The number of hydrogen-bond acceptors (Lipinski definition) is 3. The van der Waals surface area contributed by atoms with Gasteiger partial charge in [-0.3, -0.25) is 14.4 Å². The lowest BCUT2D eigenvalue weighted by molar-refractivity contribution is -0.111. The number of fused-ring (bicyclic) bond motifs is 1. The second-order valence-electron chi connectivity index (χ2n) is 8.37. The zero-order valence-corrected chi connectivity index (χ0v) is 20.0. The van der Waals surface area contributed by atoms with Gasteiger partial charge in [0.1, 0.15) is 0 Å². The third-order valence-electron chi connectivity index (χ3n) is 5.95. The van der Waals surface area contributed by atoms with Crippen LogP contribution in [-0.4, -0.2) is 22.7 Å². The van der Waals surface area contributed by atoms with Gasteiger partial charge in [0.25, 0.3) is 17.7 Å². The maximum Gasteiger partial charge on any atom is 0.300 e. The molecule has 0 aliphatic carbocycles. The summed E-state index contributed by atoms with van der Waals surface area (Å²) >= 11 is 0. The Hall–Kier alpha value is -4.57. The highest BCUT2D eigenvalue weighted by atomic mass is 16.2. The summed E-state index contributed by atoms with van der Waals surface area (Å²) in [4.78, 5) is 40.9. The van der Waals surface area contributed by atoms with Crippen LogP contribution in [0.3, 0.4) is 0 Å². The lowest BCUT2D eigenvalue weighted by Gasteiger charge is -2.14. The smallest absolute Gasteiger partial charge is 0.300 e. The number of rotatable bonds is 5. The highest BCUT2D eigenvalue weighted by Gasteiger charge is 2.26. The van der Waals surface area contributed by atoms with E-state index in [0.717, 1.165) is 16.8 Å². The summed E-state index contributed by atoms with van der Waals surface area (Å²) in [6, 6.07) is 14.7. The van der Waals surface area contributed by atoms with Gasteiger partial charge in [0, 0.05) is 28.2 Å². The number of carbonyl (C=O) groups is 3. The molecule has 7 nitrogen and oxygen atoms in total. The number of aromatic nitrogens is 1. The molecular weight excluding hydrogens is 440 g/mol. The first-order valence-electron chi connectivity index (χ1n) is 11.2. The lowest BCUT2D eigenvalue weighted by Crippen LogP contribution is -2.26. The molecule has 176 valence electrons. The van der Waals surface area contributed by atoms with Gasteiger partial charge < -0.3 is 20.9 Å². The van der Waals surface area contributed by atoms with Crippen LogP contribution in [0.2, 0.25) is 0 Å². The van der Waals surface area contributed by atoms with E-state index in [1.165, 1.54) is 0 Å². The monoisotopic (exact) mass is 466 g/mol. The molecule has 1 aromatic heterocycles. The van der Waals surface area contributed by atoms with Crippen LogP contribution in [0.1, 0.15) is 58.3 Å². The Labute approximate surface area is 204 Å². The highest BCUT2D eigenvalue weighted by Crippen LogP contribution is 2.35. The predicted octanol–water partition coefficient (Wildman–Crippen LogP) is 4.58. The number of aromatic amines is 1. The molecule has 0 spiro atoms. The molecule has 2 aromatic carbocycles. The predicted molar refractivity (Wildman–Crippen MR) is 138 cm³/mol. The molecule has 0 unspecified atom stereocenters. The number of amides is 3. The van der Waals surface area contributed by atoms with Gasteiger partial charge in [0.05, 0.1) is 17.3 Å². The molecule has 4 N–H and O–H groups in total. The fourth-order valence-corrected chi connectivity index (χ4v) is 4.09. The summed E-state index contributed by atoms with van der Waals surface area (Å²) in [5.74, 6) is 4.15. The van der Waals surface area contributed by atoms with Gasteiger partial charge in [-0.2, -0.15) is 0 Å². The Morgan fingerprint density at radius 3 is 2.54 bits per heavy atom. The first-order chi connectivity index (χ1) is 16.8. The molecule has 3 amide bonds. The van der Waals surface area contributed by atoms with Crippen LogP contribution in [0.15, 0.2) is 48.5 Å². The van der Waals surface area contributed by atoms with Gasteiger partial charge in [-0.15, -0.1) is 0 Å². The minimum absolute atomic E-state index is 0.165. The van der Waals surface area contributed by atoms with Crippen LogP contribution in [0.5, 0.6) is 0 Å². The molecule has 0 fully saturated rings. The Balaban J connectivity index is 1.63. The molecule has 0 saturated carbocycles. The minimum atomic E-state index is -0.402. The van der Waals surface area contributed by atoms with E-state index in [1.54, 1.807) is 31.2 Å². The molecule has 3 aromatic rings. The maximum atomic E-state index is 12.9. The summed E-state index contributed by atoms with van der Waals surface area (Å²) < 4.78 is 0. The van der Waals surface area contributed by atoms with Crippen LogP contribution in [0, 0.1) is 25.7 Å². The van der Waals surface area contributed by atoms with E-state index in [1.807, 2.05) is 51.1 Å². The van der Waals surface area contributed by atoms with Crippen LogP contribution >= 0.6 is 0 Å². The molecule has 4 rings (SSSR count). The number of benzene rings is 2. The van der Waals surface area contributed by atoms with Crippen molar-refractivity contribution in [2.24, 2.45) is 0 Å². The third-order valence-corrected chi connectivity index (χ3v) is 5.95. The van der Waals surface area contributed by atoms with Crippen LogP contribution in [-0.2, 0) is 9.59 Å². The summed E-state index contributed by atoms with van der Waals surface area (Å²) in [6.07, 6.45) is 1.74. The molecule has 0 bridgehead atoms. The van der Waals surface area contributed by atoms with Gasteiger partial charge in [-0.1, -0.05) is 36.3 Å². The SMILES string of the molecule is CC#CC(=O)Nc1c(C)[nH]c(/C=C2\C(=O)Nc3ccc(C(=O)N[C@H](C)c4ccccc4)cc32)c1C. The van der Waals surface area contributed by atoms with Crippen molar-refractivity contribution in [3.05, 3.63) is 82.2 Å². The van der Waals surface area contributed by atoms with E-state index in [9.17, 15) is 14.4 Å². The number of anilines is 2. The van der Waals surface area contributed by atoms with Gasteiger partial charge >= 0.3 is 0 Å². The number of H-pyrrole nitrogens is 1. The van der Waals surface area contributed by atoms with E-state index in [0.29, 0.717) is 33.8 Å². The molecule has 1 atom stereocenters. The van der Waals surface area contributed by atoms with E-state index < -0.39 is 5.91 Å². The van der Waals surface area contributed by atoms with Crippen molar-refractivity contribution >= 4 is 40.7 Å². The fourth-order valence-electron chi connectivity index (χ4n) is 4.09. The number of nitrogens with one attached hydrogen (secondary N) is 4. The fraction of sp³-hybridized carbons (Fsp3) is 0.179. The number of aryl methyl sites for hydroxylation is 1. The minimum Gasteiger partial charge on any atom is -0.357 e. The summed E-state index contributed by atoms with van der Waals surface area (Å²) in [6.45, 7) is 7.21.